The molecule has 2 aromatic heterocycles. The molecule has 1 fully saturated rings. The van der Waals surface area contributed by atoms with Crippen LogP contribution in [-0.2, 0) is 11.2 Å². The van der Waals surface area contributed by atoms with Gasteiger partial charge < -0.3 is 20.8 Å². The molecule has 1 atom stereocenters. The number of thioether (sulfide) groups is 1. The Hall–Kier alpha value is -3.50. The lowest BCUT2D eigenvalue weighted by atomic mass is 9.91. The van der Waals surface area contributed by atoms with Crippen molar-refractivity contribution in [2.75, 3.05) is 24.2 Å². The molecule has 1 aliphatic rings. The van der Waals surface area contributed by atoms with Crippen LogP contribution in [0.25, 0.3) is 32.9 Å². The number of pyridine rings is 1. The number of nitrogens with two attached hydrogens (primary N) is 1. The predicted molar refractivity (Wildman–Crippen MR) is 153 cm³/mol. The van der Waals surface area contributed by atoms with Gasteiger partial charge in [0.05, 0.1) is 16.6 Å². The lowest BCUT2D eigenvalue weighted by Crippen LogP contribution is -2.52. The normalized spacial score (nSPS) is 17.7. The number of fused-ring (bicyclic) bond motifs is 2. The topological polar surface area (TPSA) is 125 Å². The minimum absolute atomic E-state index is 0.0330. The number of carboxylic acids is 1. The van der Waals surface area contributed by atoms with Crippen molar-refractivity contribution in [2.45, 2.75) is 56.6 Å². The van der Waals surface area contributed by atoms with E-state index in [1.807, 2.05) is 13.2 Å². The third kappa shape index (κ3) is 5.35. The van der Waals surface area contributed by atoms with Crippen molar-refractivity contribution in [3.63, 3.8) is 0 Å². The van der Waals surface area contributed by atoms with Gasteiger partial charge in [-0.25, -0.2) is 14.4 Å². The van der Waals surface area contributed by atoms with Crippen molar-refractivity contribution in [3.05, 3.63) is 47.4 Å². The van der Waals surface area contributed by atoms with Gasteiger partial charge in [-0.1, -0.05) is 17.8 Å². The number of rotatable bonds is 7. The van der Waals surface area contributed by atoms with Gasteiger partial charge in [-0.2, -0.15) is 0 Å². The smallest absolute Gasteiger partial charge is 0.303 e. The summed E-state index contributed by atoms with van der Waals surface area (Å²) in [6.45, 7) is 5.49. The molecule has 10 heteroatoms. The van der Waals surface area contributed by atoms with Crippen molar-refractivity contribution in [1.29, 1.82) is 0 Å². The van der Waals surface area contributed by atoms with Gasteiger partial charge in [-0.3, -0.25) is 9.78 Å². The summed E-state index contributed by atoms with van der Waals surface area (Å²) >= 11 is 1.45. The van der Waals surface area contributed by atoms with E-state index in [0.29, 0.717) is 45.7 Å². The number of hydrogen-bond donors (Lipinski definition) is 3. The Morgan fingerprint density at radius 2 is 2.08 bits per heavy atom. The number of phenolic OH excluding ortho intramolecular Hbond substituents is 1. The number of carbonyl (C=O) groups is 1. The number of aryl methyl sites for hydroxylation is 2. The molecule has 2 aromatic carbocycles. The first-order valence-corrected chi connectivity index (χ1v) is 14.2. The zero-order chi connectivity index (χ0) is 27.9. The zero-order valence-electron chi connectivity index (χ0n) is 22.3. The van der Waals surface area contributed by atoms with Crippen molar-refractivity contribution < 1.29 is 19.4 Å². The van der Waals surface area contributed by atoms with Gasteiger partial charge in [-0.15, -0.1) is 0 Å². The van der Waals surface area contributed by atoms with E-state index in [1.165, 1.54) is 17.8 Å². The number of phenols is 1. The van der Waals surface area contributed by atoms with E-state index in [9.17, 15) is 9.90 Å². The van der Waals surface area contributed by atoms with E-state index < -0.39 is 11.8 Å². The second kappa shape index (κ2) is 10.6. The standard InChI is InChI=1S/C29H32FN5O3S/c1-16-25(20-13-18(36)12-17-8-9-22(30)19(24(17)20)6-4-7-23(37)38)32-14-21-26(16)33-28(39-3)34-27(21)35-11-5-10-29(2,31)15-35/h8-9,12-14,36H,4-7,10-11,15,31H2,1-3H3,(H,37,38)/t29-/m1/s1. The summed E-state index contributed by atoms with van der Waals surface area (Å²) in [5.41, 5.74) is 9.26. The number of piperidine rings is 1. The van der Waals surface area contributed by atoms with Gasteiger partial charge in [-0.05, 0) is 80.3 Å². The van der Waals surface area contributed by atoms with Crippen LogP contribution in [0.4, 0.5) is 10.2 Å². The Balaban J connectivity index is 1.71. The Morgan fingerprint density at radius 3 is 2.79 bits per heavy atom. The monoisotopic (exact) mass is 549 g/mol. The number of carboxylic acid groups (broad SMARTS) is 1. The van der Waals surface area contributed by atoms with Gasteiger partial charge >= 0.3 is 5.97 Å². The predicted octanol–water partition coefficient (Wildman–Crippen LogP) is 5.44. The maximum Gasteiger partial charge on any atom is 0.303 e. The Labute approximate surface area is 230 Å². The SMILES string of the molecule is CSc1nc(N2CCC[C@@](C)(N)C2)c2cnc(-c3cc(O)cc4ccc(F)c(CCCC(=O)O)c34)c(C)c2n1. The molecule has 0 spiro atoms. The highest BCUT2D eigenvalue weighted by Gasteiger charge is 2.29. The molecule has 204 valence electrons. The van der Waals surface area contributed by atoms with E-state index in [2.05, 4.69) is 11.8 Å². The van der Waals surface area contributed by atoms with Crippen molar-refractivity contribution in [3.8, 4) is 17.0 Å². The van der Waals surface area contributed by atoms with Crippen LogP contribution in [0.2, 0.25) is 0 Å². The highest BCUT2D eigenvalue weighted by Crippen LogP contribution is 2.40. The summed E-state index contributed by atoms with van der Waals surface area (Å²) in [7, 11) is 0. The largest absolute Gasteiger partial charge is 0.508 e. The molecule has 0 saturated carbocycles. The van der Waals surface area contributed by atoms with Crippen molar-refractivity contribution in [2.24, 2.45) is 5.73 Å². The number of aromatic hydroxyl groups is 1. The number of hydrogen-bond acceptors (Lipinski definition) is 8. The third-order valence-corrected chi connectivity index (χ3v) is 7.92. The number of halogens is 1. The van der Waals surface area contributed by atoms with E-state index in [0.717, 1.165) is 41.7 Å². The first-order chi connectivity index (χ1) is 18.6. The number of nitrogens with zero attached hydrogens (tertiary/aromatic N) is 4. The fraction of sp³-hybridized carbons (Fsp3) is 0.379. The van der Waals surface area contributed by atoms with Crippen LogP contribution in [0.5, 0.6) is 5.75 Å². The van der Waals surface area contributed by atoms with Gasteiger partial charge in [0, 0.05) is 42.4 Å². The quantitative estimate of drug-likeness (QED) is 0.204. The van der Waals surface area contributed by atoms with Crippen molar-refractivity contribution >= 4 is 45.2 Å². The summed E-state index contributed by atoms with van der Waals surface area (Å²) in [6.07, 6.45) is 6.06. The van der Waals surface area contributed by atoms with E-state index >= 15 is 4.39 Å². The molecule has 0 radical (unpaired) electrons. The molecular formula is C29H32FN5O3S. The molecule has 0 amide bonds. The van der Waals surface area contributed by atoms with Crippen LogP contribution in [0.1, 0.15) is 43.7 Å². The minimum atomic E-state index is -0.927. The molecule has 4 N–H and O–H groups in total. The van der Waals surface area contributed by atoms with Gasteiger partial charge in [0.15, 0.2) is 5.16 Å². The van der Waals surface area contributed by atoms with Crippen LogP contribution >= 0.6 is 11.8 Å². The molecule has 5 rings (SSSR count). The first-order valence-electron chi connectivity index (χ1n) is 13.0. The van der Waals surface area contributed by atoms with Crippen LogP contribution in [0, 0.1) is 12.7 Å². The second-order valence-electron chi connectivity index (χ2n) is 10.6. The third-order valence-electron chi connectivity index (χ3n) is 7.37. The number of aliphatic carboxylic acids is 1. The summed E-state index contributed by atoms with van der Waals surface area (Å²) < 4.78 is 15.1. The van der Waals surface area contributed by atoms with E-state index in [4.69, 9.17) is 25.8 Å². The summed E-state index contributed by atoms with van der Waals surface area (Å²) in [4.78, 5) is 27.8. The molecule has 3 heterocycles. The Kier molecular flexibility index (Phi) is 7.35. The van der Waals surface area contributed by atoms with Gasteiger partial charge in [0.25, 0.3) is 0 Å². The molecular weight excluding hydrogens is 517 g/mol. The average Bonchev–Trinajstić information content (AvgIpc) is 2.88. The average molecular weight is 550 g/mol. The Morgan fingerprint density at radius 1 is 1.28 bits per heavy atom. The lowest BCUT2D eigenvalue weighted by molar-refractivity contribution is -0.137. The number of benzene rings is 2. The lowest BCUT2D eigenvalue weighted by Gasteiger charge is -2.39. The highest BCUT2D eigenvalue weighted by atomic mass is 32.2. The molecule has 1 aliphatic heterocycles. The van der Waals surface area contributed by atoms with Gasteiger partial charge in [0.2, 0.25) is 0 Å². The van der Waals surface area contributed by atoms with Crippen LogP contribution in [0.3, 0.4) is 0 Å². The van der Waals surface area contributed by atoms with Gasteiger partial charge in [0.1, 0.15) is 17.4 Å². The molecule has 39 heavy (non-hydrogen) atoms. The fourth-order valence-corrected chi connectivity index (χ4v) is 5.94. The summed E-state index contributed by atoms with van der Waals surface area (Å²) in [6, 6.07) is 6.15. The van der Waals surface area contributed by atoms with E-state index in [-0.39, 0.29) is 24.1 Å². The minimum Gasteiger partial charge on any atom is -0.508 e. The molecule has 1 saturated heterocycles. The fourth-order valence-electron chi connectivity index (χ4n) is 5.58. The molecule has 0 bridgehead atoms. The van der Waals surface area contributed by atoms with Crippen LogP contribution < -0.4 is 10.6 Å². The summed E-state index contributed by atoms with van der Waals surface area (Å²) in [5, 5.41) is 22.4. The second-order valence-corrected chi connectivity index (χ2v) is 11.3. The molecule has 0 aliphatic carbocycles. The maximum absolute atomic E-state index is 15.1. The molecule has 4 aromatic rings. The van der Waals surface area contributed by atoms with Crippen LogP contribution in [-0.4, -0.2) is 56.0 Å². The molecule has 0 unspecified atom stereocenters. The first kappa shape index (κ1) is 27.1. The summed E-state index contributed by atoms with van der Waals surface area (Å²) in [5.74, 6) is -0.513. The Bertz CT molecular complexity index is 1590. The van der Waals surface area contributed by atoms with Crippen molar-refractivity contribution in [1.82, 2.24) is 15.0 Å². The number of anilines is 1. The maximum atomic E-state index is 15.1. The van der Waals surface area contributed by atoms with E-state index in [1.54, 1.807) is 24.4 Å². The number of aromatic nitrogens is 3. The highest BCUT2D eigenvalue weighted by molar-refractivity contribution is 7.98. The molecule has 8 nitrogen and oxygen atoms in total. The van der Waals surface area contributed by atoms with Crippen LogP contribution in [0.15, 0.2) is 35.6 Å². The zero-order valence-corrected chi connectivity index (χ0v) is 23.1.